The van der Waals surface area contributed by atoms with Crippen molar-refractivity contribution >= 4 is 0 Å². The molecule has 0 aromatic heterocycles. The minimum atomic E-state index is 0. The second kappa shape index (κ2) is 17.7. The van der Waals surface area contributed by atoms with Crippen LogP contribution in [-0.4, -0.2) is 61.0 Å². The maximum atomic E-state index is 8.75. The van der Waals surface area contributed by atoms with E-state index in [1.165, 1.54) is 116 Å². The van der Waals surface area contributed by atoms with Gasteiger partial charge in [-0.15, -0.1) is 5.92 Å². The Morgan fingerprint density at radius 3 is 1.18 bits per heavy atom. The van der Waals surface area contributed by atoms with Crippen molar-refractivity contribution in [3.05, 3.63) is 6.42 Å². The number of rotatable bonds is 5. The van der Waals surface area contributed by atoms with Crippen LogP contribution in [0.5, 0.6) is 0 Å². The zero-order chi connectivity index (χ0) is 33.3. The molecule has 9 fully saturated rings. The van der Waals surface area contributed by atoms with Crippen molar-refractivity contribution in [1.29, 1.82) is 0 Å². The van der Waals surface area contributed by atoms with Gasteiger partial charge in [0.2, 0.25) is 0 Å². The third-order valence-corrected chi connectivity index (χ3v) is 15.4. The van der Waals surface area contributed by atoms with Crippen molar-refractivity contribution in [1.82, 2.24) is 42.5 Å². The van der Waals surface area contributed by atoms with Gasteiger partial charge in [-0.2, -0.15) is 6.42 Å². The van der Waals surface area contributed by atoms with Gasteiger partial charge in [0.15, 0.2) is 0 Å². The quantitative estimate of drug-likeness (QED) is 0.147. The van der Waals surface area contributed by atoms with Crippen LogP contribution in [0.15, 0.2) is 0 Å². The molecule has 4 aliphatic carbocycles. The molecular weight excluding hydrogens is 667 g/mol. The van der Waals surface area contributed by atoms with Crippen molar-refractivity contribution < 1.29 is 21.6 Å². The zero-order valence-electron chi connectivity index (χ0n) is 31.3. The monoisotopic (exact) mass is 740 g/mol. The zero-order valence-corrected chi connectivity index (χ0v) is 32.3. The topological polar surface area (TPSA) is 116 Å². The predicted octanol–water partition coefficient (Wildman–Crippen LogP) is 4.61. The van der Waals surface area contributed by atoms with E-state index >= 15 is 0 Å². The second-order valence-electron chi connectivity index (χ2n) is 18.0. The maximum absolute atomic E-state index is 8.75. The molecule has 4 saturated carbocycles. The summed E-state index contributed by atoms with van der Waals surface area (Å²) in [6, 6.07) is 0. The molecular formula is C40H73N8NiO-. The number of hydrogen-bond donors (Lipinski definition) is 9. The molecule has 9 rings (SSSR count). The largest absolute Gasteiger partial charge is 0.396 e. The summed E-state index contributed by atoms with van der Waals surface area (Å²) in [6.45, 7) is 4.69. The van der Waals surface area contributed by atoms with Crippen molar-refractivity contribution in [2.24, 2.45) is 53.3 Å². The van der Waals surface area contributed by atoms with Crippen molar-refractivity contribution in [2.75, 3.05) is 6.61 Å². The number of hydrogen-bond acceptors (Lipinski definition) is 9. The van der Waals surface area contributed by atoms with Crippen LogP contribution < -0.4 is 42.5 Å². The number of aliphatic hydroxyl groups excluding tert-OH is 1. The molecule has 10 heteroatoms. The van der Waals surface area contributed by atoms with E-state index in [-0.39, 0.29) is 16.5 Å². The van der Waals surface area contributed by atoms with Gasteiger partial charge in [0.05, 0.1) is 43.2 Å². The van der Waals surface area contributed by atoms with Crippen LogP contribution in [0.4, 0.5) is 0 Å². The van der Waals surface area contributed by atoms with Crippen LogP contribution in [-0.2, 0) is 16.5 Å². The molecule has 5 aliphatic heterocycles. The summed E-state index contributed by atoms with van der Waals surface area (Å²) in [5.74, 6) is 6.30. The van der Waals surface area contributed by atoms with E-state index in [2.05, 4.69) is 62.8 Å². The van der Waals surface area contributed by atoms with E-state index in [1.807, 2.05) is 0 Å². The summed E-state index contributed by atoms with van der Waals surface area (Å²) in [5, 5.41) is 42.4. The van der Waals surface area contributed by atoms with Gasteiger partial charge in [0.25, 0.3) is 0 Å². The molecule has 5 saturated heterocycles. The fourth-order valence-electron chi connectivity index (χ4n) is 12.7. The Balaban J connectivity index is 0.000000350. The van der Waals surface area contributed by atoms with E-state index in [4.69, 9.17) is 5.11 Å². The first-order valence-corrected chi connectivity index (χ1v) is 21.7. The van der Waals surface area contributed by atoms with Crippen LogP contribution in [0.2, 0.25) is 0 Å². The van der Waals surface area contributed by atoms with E-state index < -0.39 is 0 Å². The van der Waals surface area contributed by atoms with Gasteiger partial charge in [0.1, 0.15) is 0 Å². The molecule has 0 amide bonds. The molecule has 17 atom stereocenters. The summed E-state index contributed by atoms with van der Waals surface area (Å²) in [6.07, 6.45) is 31.3. The van der Waals surface area contributed by atoms with Gasteiger partial charge >= 0.3 is 0 Å². The third-order valence-electron chi connectivity index (χ3n) is 15.4. The Hall–Kier alpha value is 0.134. The summed E-state index contributed by atoms with van der Waals surface area (Å²) in [5.41, 5.74) is 0. The SMILES string of the molecule is CCCCC(CC)CO.[CH-]1CCCC2C3NC(NC4NC(NC5NC(NC6NC(N3)C3CCCCC63)C3CCCCC53)C3CCCCC43)C12.[Ni]. The third kappa shape index (κ3) is 7.93. The molecule has 0 aromatic rings. The number of nitrogens with one attached hydrogen (secondary N) is 8. The first-order valence-electron chi connectivity index (χ1n) is 21.7. The van der Waals surface area contributed by atoms with Crippen molar-refractivity contribution in [3.8, 4) is 0 Å². The fraction of sp³-hybridized carbons (Fsp3) is 0.975. The molecule has 9 N–H and O–H groups in total. The van der Waals surface area contributed by atoms with E-state index in [9.17, 15) is 0 Å². The van der Waals surface area contributed by atoms with Gasteiger partial charge in [-0.05, 0) is 92.3 Å². The minimum absolute atomic E-state index is 0. The molecule has 5 heterocycles. The number of unbranched alkanes of at least 4 members (excludes halogenated alkanes) is 1. The Morgan fingerprint density at radius 1 is 0.500 bits per heavy atom. The van der Waals surface area contributed by atoms with Gasteiger partial charge in [0, 0.05) is 29.3 Å². The van der Waals surface area contributed by atoms with E-state index in [0.29, 0.717) is 73.7 Å². The van der Waals surface area contributed by atoms with E-state index in [1.54, 1.807) is 0 Å². The van der Waals surface area contributed by atoms with Crippen LogP contribution in [0.25, 0.3) is 0 Å². The van der Waals surface area contributed by atoms with Crippen LogP contribution in [0.1, 0.15) is 136 Å². The minimum Gasteiger partial charge on any atom is -0.396 e. The summed E-state index contributed by atoms with van der Waals surface area (Å²) >= 11 is 0. The standard InChI is InChI=1S/C32H55N8.C8H18O.Ni/c1-2-10-18-17(9-1)25-33-26(18)38-28-21-13-5-6-14-22(21)30(35-28)40-32-24-16-8-7-15-23(24)31(36-32)39-29-20-12-4-3-11-19(20)27(34-29)37-25;1-3-5-6-8(4-2)7-9;/h9,17-40H,1-8,10-16H2;8-9H,3-7H2,1-2H3;/q-1;;. The van der Waals surface area contributed by atoms with Gasteiger partial charge in [-0.3, -0.25) is 42.5 Å². The van der Waals surface area contributed by atoms with Gasteiger partial charge in [-0.25, -0.2) is 0 Å². The summed E-state index contributed by atoms with van der Waals surface area (Å²) < 4.78 is 0. The second-order valence-corrected chi connectivity index (χ2v) is 18.0. The Labute approximate surface area is 314 Å². The molecule has 0 aromatic carbocycles. The average Bonchev–Trinajstić information content (AvgIpc) is 3.88. The molecule has 8 bridgehead atoms. The van der Waals surface area contributed by atoms with Gasteiger partial charge in [-0.1, -0.05) is 84.5 Å². The molecule has 9 aliphatic rings. The summed E-state index contributed by atoms with van der Waals surface area (Å²) in [4.78, 5) is 0. The molecule has 50 heavy (non-hydrogen) atoms. The van der Waals surface area contributed by atoms with Crippen molar-refractivity contribution in [2.45, 2.75) is 185 Å². The Morgan fingerprint density at radius 2 is 0.840 bits per heavy atom. The first kappa shape index (κ1) is 38.4. The summed E-state index contributed by atoms with van der Waals surface area (Å²) in [7, 11) is 0. The Kier molecular flexibility index (Phi) is 13.6. The fourth-order valence-corrected chi connectivity index (χ4v) is 12.7. The molecule has 0 spiro atoms. The molecule has 17 unspecified atom stereocenters. The van der Waals surface area contributed by atoms with Gasteiger partial charge < -0.3 is 11.5 Å². The smallest absolute Gasteiger partial charge is 0.0628 e. The van der Waals surface area contributed by atoms with Crippen LogP contribution >= 0.6 is 0 Å². The molecule has 0 radical (unpaired) electrons. The molecule has 290 valence electrons. The normalized spacial score (nSPS) is 48.5. The Bertz CT molecular complexity index is 845. The number of fused-ring (bicyclic) bond motifs is 20. The van der Waals surface area contributed by atoms with Crippen LogP contribution in [0, 0.1) is 59.7 Å². The molecule has 9 nitrogen and oxygen atoms in total. The number of aliphatic hydroxyl groups is 1. The maximum Gasteiger partial charge on any atom is 0.0628 e. The van der Waals surface area contributed by atoms with Crippen LogP contribution in [0.3, 0.4) is 0 Å². The predicted molar refractivity (Wildman–Crippen MR) is 197 cm³/mol. The van der Waals surface area contributed by atoms with E-state index in [0.717, 1.165) is 41.9 Å². The van der Waals surface area contributed by atoms with Crippen molar-refractivity contribution in [3.63, 3.8) is 0 Å². The first-order chi connectivity index (χ1) is 24.1. The average molecular weight is 741 g/mol.